The number of hydrogen-bond donors (Lipinski definition) is 0. The van der Waals surface area contributed by atoms with Crippen molar-refractivity contribution >= 4 is 5.82 Å². The van der Waals surface area contributed by atoms with Crippen LogP contribution in [0.4, 0.5) is 10.2 Å². The second-order valence-electron chi connectivity index (χ2n) is 8.75. The van der Waals surface area contributed by atoms with Gasteiger partial charge in [0.2, 0.25) is 0 Å². The minimum Gasteiger partial charge on any atom is -0.357 e. The number of halogens is 1. The number of likely N-dealkylation sites (tertiary alicyclic amines) is 1. The highest BCUT2D eigenvalue weighted by molar-refractivity contribution is 5.39. The first-order valence-corrected chi connectivity index (χ1v) is 11.8. The number of unbranched alkanes of at least 4 members (excludes halogenated alkanes) is 1. The van der Waals surface area contributed by atoms with Crippen LogP contribution in [0.15, 0.2) is 36.4 Å². The molecule has 0 saturated carbocycles. The van der Waals surface area contributed by atoms with Gasteiger partial charge in [0.1, 0.15) is 11.6 Å². The Bertz CT molecular complexity index is 799. The molecule has 1 aliphatic rings. The molecule has 1 saturated heterocycles. The number of pyridine rings is 1. The van der Waals surface area contributed by atoms with Crippen molar-refractivity contribution in [1.29, 1.82) is 0 Å². The lowest BCUT2D eigenvalue weighted by Gasteiger charge is -2.36. The molecule has 0 radical (unpaired) electrons. The molecule has 0 spiro atoms. The Morgan fingerprint density at radius 1 is 1.10 bits per heavy atom. The molecule has 3 nitrogen and oxygen atoms in total. The van der Waals surface area contributed by atoms with Gasteiger partial charge in [0.15, 0.2) is 0 Å². The molecular formula is C26H38FN3. The molecule has 30 heavy (non-hydrogen) atoms. The van der Waals surface area contributed by atoms with Crippen molar-refractivity contribution in [2.45, 2.75) is 71.8 Å². The fourth-order valence-corrected chi connectivity index (χ4v) is 4.64. The van der Waals surface area contributed by atoms with Crippen LogP contribution in [0.25, 0.3) is 0 Å². The highest BCUT2D eigenvalue weighted by atomic mass is 19.1. The maximum absolute atomic E-state index is 13.7. The van der Waals surface area contributed by atoms with Crippen LogP contribution in [0.3, 0.4) is 0 Å². The van der Waals surface area contributed by atoms with Crippen molar-refractivity contribution in [3.8, 4) is 0 Å². The van der Waals surface area contributed by atoms with Crippen LogP contribution in [0.1, 0.15) is 81.7 Å². The summed E-state index contributed by atoms with van der Waals surface area (Å²) in [4.78, 5) is 10.0. The molecule has 0 amide bonds. The molecule has 0 aliphatic carbocycles. The van der Waals surface area contributed by atoms with Gasteiger partial charge < -0.3 is 4.90 Å². The average molecular weight is 412 g/mol. The van der Waals surface area contributed by atoms with Crippen LogP contribution in [-0.4, -0.2) is 36.1 Å². The van der Waals surface area contributed by atoms with E-state index in [0.29, 0.717) is 12.0 Å². The summed E-state index contributed by atoms with van der Waals surface area (Å²) in [5.41, 5.74) is 3.56. The first-order chi connectivity index (χ1) is 14.5. The van der Waals surface area contributed by atoms with Gasteiger partial charge in [0.25, 0.3) is 0 Å². The molecule has 3 rings (SSSR count). The fourth-order valence-electron chi connectivity index (χ4n) is 4.64. The van der Waals surface area contributed by atoms with Crippen molar-refractivity contribution in [3.63, 3.8) is 0 Å². The summed E-state index contributed by atoms with van der Waals surface area (Å²) >= 11 is 0. The number of benzene rings is 1. The number of anilines is 1. The molecule has 164 valence electrons. The van der Waals surface area contributed by atoms with Crippen molar-refractivity contribution in [2.75, 3.05) is 31.1 Å². The lowest BCUT2D eigenvalue weighted by atomic mass is 9.86. The van der Waals surface area contributed by atoms with Gasteiger partial charge in [-0.15, -0.1) is 0 Å². The Morgan fingerprint density at radius 2 is 1.87 bits per heavy atom. The highest BCUT2D eigenvalue weighted by Gasteiger charge is 2.26. The SMILES string of the molecule is CCCCN(CCC)c1cccc(C(C)N2CCC(c3cc(F)ccc3C)CC2)n1. The molecule has 0 N–H and O–H groups in total. The zero-order valence-electron chi connectivity index (χ0n) is 19.2. The third-order valence-electron chi connectivity index (χ3n) is 6.54. The van der Waals surface area contributed by atoms with Gasteiger partial charge in [0.05, 0.1) is 5.69 Å². The number of aryl methyl sites for hydroxylation is 1. The van der Waals surface area contributed by atoms with E-state index >= 15 is 0 Å². The molecule has 1 atom stereocenters. The second-order valence-corrected chi connectivity index (χ2v) is 8.75. The van der Waals surface area contributed by atoms with E-state index in [1.54, 1.807) is 12.1 Å². The summed E-state index contributed by atoms with van der Waals surface area (Å²) in [6, 6.07) is 12.0. The molecule has 1 aromatic carbocycles. The Labute approximate surface area is 182 Å². The van der Waals surface area contributed by atoms with Crippen LogP contribution in [-0.2, 0) is 0 Å². The largest absolute Gasteiger partial charge is 0.357 e. The molecular weight excluding hydrogens is 373 g/mol. The first-order valence-electron chi connectivity index (χ1n) is 11.8. The van der Waals surface area contributed by atoms with Gasteiger partial charge in [-0.3, -0.25) is 4.90 Å². The van der Waals surface area contributed by atoms with Crippen LogP contribution in [0.2, 0.25) is 0 Å². The summed E-state index contributed by atoms with van der Waals surface area (Å²) in [7, 11) is 0. The van der Waals surface area contributed by atoms with E-state index in [9.17, 15) is 4.39 Å². The molecule has 1 aromatic heterocycles. The molecule has 0 bridgehead atoms. The van der Waals surface area contributed by atoms with Gasteiger partial charge in [0, 0.05) is 19.1 Å². The molecule has 1 unspecified atom stereocenters. The number of aromatic nitrogens is 1. The van der Waals surface area contributed by atoms with Crippen LogP contribution in [0.5, 0.6) is 0 Å². The van der Waals surface area contributed by atoms with Crippen molar-refractivity contribution < 1.29 is 4.39 Å². The van der Waals surface area contributed by atoms with Crippen molar-refractivity contribution in [2.24, 2.45) is 0 Å². The predicted molar refractivity (Wildman–Crippen MR) is 125 cm³/mol. The Morgan fingerprint density at radius 3 is 2.57 bits per heavy atom. The quantitative estimate of drug-likeness (QED) is 0.470. The summed E-state index contributed by atoms with van der Waals surface area (Å²) in [6.45, 7) is 13.0. The zero-order chi connectivity index (χ0) is 21.5. The van der Waals surface area contributed by atoms with E-state index in [0.717, 1.165) is 57.0 Å². The standard InChI is InChI=1S/C26H38FN3/c1-5-7-16-30(15-6-2)26-10-8-9-25(28-26)21(4)29-17-13-22(14-18-29)24-19-23(27)12-11-20(24)3/h8-12,19,21-22H,5-7,13-18H2,1-4H3. The van der Waals surface area contributed by atoms with E-state index < -0.39 is 0 Å². The normalized spacial score (nSPS) is 16.6. The summed E-state index contributed by atoms with van der Waals surface area (Å²) < 4.78 is 13.7. The van der Waals surface area contributed by atoms with E-state index in [1.165, 1.54) is 24.0 Å². The minimum atomic E-state index is -0.118. The van der Waals surface area contributed by atoms with Gasteiger partial charge in [-0.1, -0.05) is 32.4 Å². The van der Waals surface area contributed by atoms with Crippen molar-refractivity contribution in [1.82, 2.24) is 9.88 Å². The number of hydrogen-bond acceptors (Lipinski definition) is 3. The summed E-state index contributed by atoms with van der Waals surface area (Å²) in [6.07, 6.45) is 5.70. The smallest absolute Gasteiger partial charge is 0.128 e. The zero-order valence-corrected chi connectivity index (χ0v) is 19.2. The highest BCUT2D eigenvalue weighted by Crippen LogP contribution is 2.34. The molecule has 2 heterocycles. The third kappa shape index (κ3) is 5.60. The lowest BCUT2D eigenvalue weighted by Crippen LogP contribution is -2.35. The minimum absolute atomic E-state index is 0.118. The van der Waals surface area contributed by atoms with Gasteiger partial charge in [-0.2, -0.15) is 0 Å². The Balaban J connectivity index is 1.66. The second kappa shape index (κ2) is 10.9. The Kier molecular flexibility index (Phi) is 8.26. The number of rotatable bonds is 9. The van der Waals surface area contributed by atoms with Gasteiger partial charge >= 0.3 is 0 Å². The maximum Gasteiger partial charge on any atom is 0.128 e. The summed E-state index contributed by atoms with van der Waals surface area (Å²) in [5.74, 6) is 1.45. The van der Waals surface area contributed by atoms with Gasteiger partial charge in [-0.05, 0) is 93.9 Å². The maximum atomic E-state index is 13.7. The predicted octanol–water partition coefficient (Wildman–Crippen LogP) is 6.49. The van der Waals surface area contributed by atoms with E-state index in [-0.39, 0.29) is 5.82 Å². The molecule has 4 heteroatoms. The van der Waals surface area contributed by atoms with Crippen LogP contribution < -0.4 is 4.90 Å². The fraction of sp³-hybridized carbons (Fsp3) is 0.577. The van der Waals surface area contributed by atoms with Crippen LogP contribution >= 0.6 is 0 Å². The molecule has 1 fully saturated rings. The van der Waals surface area contributed by atoms with E-state index in [2.05, 4.69) is 55.7 Å². The monoisotopic (exact) mass is 411 g/mol. The topological polar surface area (TPSA) is 19.4 Å². The molecule has 2 aromatic rings. The average Bonchev–Trinajstić information content (AvgIpc) is 2.78. The van der Waals surface area contributed by atoms with Crippen molar-refractivity contribution in [3.05, 3.63) is 59.0 Å². The van der Waals surface area contributed by atoms with Gasteiger partial charge in [-0.25, -0.2) is 9.37 Å². The molecule has 1 aliphatic heterocycles. The number of piperidine rings is 1. The van der Waals surface area contributed by atoms with E-state index in [1.807, 2.05) is 6.07 Å². The Hall–Kier alpha value is -1.94. The van der Waals surface area contributed by atoms with E-state index in [4.69, 9.17) is 4.98 Å². The lowest BCUT2D eigenvalue weighted by molar-refractivity contribution is 0.159. The number of nitrogens with zero attached hydrogens (tertiary/aromatic N) is 3. The van der Waals surface area contributed by atoms with Crippen LogP contribution in [0, 0.1) is 12.7 Å². The summed E-state index contributed by atoms with van der Waals surface area (Å²) in [5, 5.41) is 0. The first kappa shape index (κ1) is 22.7. The third-order valence-corrected chi connectivity index (χ3v) is 6.54.